The average Bonchev–Trinajstić information content (AvgIpc) is 2.66. The topological polar surface area (TPSA) is 133 Å². The maximum absolute atomic E-state index is 12.6. The van der Waals surface area contributed by atoms with Crippen LogP contribution in [0.15, 0.2) is 56.0 Å². The molecule has 18 heteroatoms. The largest absolute Gasteiger partial charge is 1.00 e. The Labute approximate surface area is 254 Å². The molecule has 0 aromatic heterocycles. The van der Waals surface area contributed by atoms with Crippen LogP contribution in [0.1, 0.15) is 1.37 Å². The van der Waals surface area contributed by atoms with E-state index < -0.39 is 39.1 Å². The van der Waals surface area contributed by atoms with E-state index in [2.05, 4.69) is 31.2 Å². The Kier molecular flexibility index (Phi) is 16.2. The fourth-order valence-electron chi connectivity index (χ4n) is 1.74. The smallest absolute Gasteiger partial charge is 0.744 e. The molecule has 2 unspecified atom stereocenters. The Balaban J connectivity index is 0. The number of rotatable bonds is 7. The Hall–Kier alpha value is 2.24. The van der Waals surface area contributed by atoms with E-state index in [1.807, 2.05) is 0 Å². The Morgan fingerprint density at radius 1 is 1.10 bits per heavy atom. The fourth-order valence-corrected chi connectivity index (χ4v) is 4.82. The van der Waals surface area contributed by atoms with E-state index in [-0.39, 0.29) is 73.9 Å². The second-order valence-corrected chi connectivity index (χ2v) is 12.3. The van der Waals surface area contributed by atoms with Crippen LogP contribution < -0.4 is 64.4 Å². The Morgan fingerprint density at radius 3 is 2.03 bits per heavy atom. The van der Waals surface area contributed by atoms with Crippen molar-refractivity contribution in [3.05, 3.63) is 46.4 Å². The number of thiol groups is 2. The predicted molar refractivity (Wildman–Crippen MR) is 116 cm³/mol. The normalized spacial score (nSPS) is 13.9. The van der Waals surface area contributed by atoms with Gasteiger partial charge in [0.25, 0.3) is 0 Å². The Bertz CT molecular complexity index is 1140. The number of halogens is 2. The van der Waals surface area contributed by atoms with E-state index in [9.17, 15) is 26.6 Å². The van der Waals surface area contributed by atoms with Crippen LogP contribution in [0.25, 0.3) is 0 Å². The molecule has 31 heavy (non-hydrogen) atoms. The van der Waals surface area contributed by atoms with Crippen LogP contribution in [0.2, 0.25) is 10.0 Å². The quantitative estimate of drug-likeness (QED) is 0.0495. The van der Waals surface area contributed by atoms with Crippen molar-refractivity contribution < 1.29 is 96.5 Å². The van der Waals surface area contributed by atoms with Crippen molar-refractivity contribution in [2.24, 2.45) is 0 Å². The molecule has 162 valence electrons. The number of hydrogen-bond donors (Lipinski definition) is 2. The molecular weight excluding hydrogens is 592 g/mol. The molecule has 8 nitrogen and oxygen atoms in total. The van der Waals surface area contributed by atoms with Crippen molar-refractivity contribution >= 4 is 89.6 Å². The van der Waals surface area contributed by atoms with E-state index in [0.717, 1.165) is 24.3 Å². The summed E-state index contributed by atoms with van der Waals surface area (Å²) in [5, 5.41) is 12.7. The molecule has 0 aliphatic heterocycles. The summed E-state index contributed by atoms with van der Waals surface area (Å²) in [6, 6.07) is 6.16. The monoisotopic (exact) mass is 604 g/mol. The zero-order valence-electron chi connectivity index (χ0n) is 17.6. The molecule has 0 fully saturated rings. The summed E-state index contributed by atoms with van der Waals surface area (Å²) in [6.07, 6.45) is 0. The molecule has 0 saturated carbocycles. The number of hydrogen-bond acceptors (Lipinski definition) is 11. The summed E-state index contributed by atoms with van der Waals surface area (Å²) in [6.45, 7) is 0. The van der Waals surface area contributed by atoms with Crippen LogP contribution >= 0.6 is 69.6 Å². The summed E-state index contributed by atoms with van der Waals surface area (Å²) < 4.78 is 75.1. The van der Waals surface area contributed by atoms with E-state index in [0.29, 0.717) is 30.6 Å². The molecule has 0 spiro atoms. The second-order valence-electron chi connectivity index (χ2n) is 4.70. The van der Waals surface area contributed by atoms with Crippen molar-refractivity contribution in [2.45, 2.75) is 23.9 Å². The van der Waals surface area contributed by atoms with Crippen LogP contribution in [0, 0.1) is 0 Å². The minimum Gasteiger partial charge on any atom is -0.744 e. The fraction of sp³-hybridized carbons (Fsp3) is 0.0769. The summed E-state index contributed by atoms with van der Waals surface area (Å²) in [4.78, 5) is -1.55. The third-order valence-electron chi connectivity index (χ3n) is 2.85. The standard InChI is InChI=1S/C12H8Cl2O8S3.CH5PS2.2Na/c13-9-3-1-7(5-11(9)23-22-21-15)24(16,17)8-2-4-10(14)12(6-8)25(18,19)20;2-1(3)4;;/h1-6,15H,(H,18,19,20);1,3-4H,2H2;;/q;;2*+1/p-2/i;1D;;/hD. The molecule has 2 atom stereocenters. The minimum absolute atomic E-state index is 0. The van der Waals surface area contributed by atoms with Crippen molar-refractivity contribution in [2.75, 3.05) is 0 Å². The molecule has 0 heterocycles. The van der Waals surface area contributed by atoms with Crippen LogP contribution in [-0.2, 0) is 29.3 Å². The van der Waals surface area contributed by atoms with Crippen LogP contribution in [-0.4, -0.2) is 26.8 Å². The predicted octanol–water partition coefficient (Wildman–Crippen LogP) is -3.03. The van der Waals surface area contributed by atoms with Gasteiger partial charge in [0.2, 0.25) is 9.84 Å². The van der Waals surface area contributed by atoms with Gasteiger partial charge in [0.15, 0.2) is 0 Å². The van der Waals surface area contributed by atoms with Gasteiger partial charge in [-0.25, -0.2) is 16.8 Å². The molecule has 0 aliphatic carbocycles. The molecule has 2 aromatic rings. The van der Waals surface area contributed by atoms with Gasteiger partial charge in [-0.2, -0.15) is 29.5 Å². The zero-order chi connectivity index (χ0) is 24.0. The third kappa shape index (κ3) is 11.7. The van der Waals surface area contributed by atoms with Crippen molar-refractivity contribution in [3.63, 3.8) is 0 Å². The minimum atomic E-state index is -4.97. The molecule has 0 radical (unpaired) electrons. The van der Waals surface area contributed by atoms with Gasteiger partial charge < -0.3 is 9.81 Å². The van der Waals surface area contributed by atoms with Gasteiger partial charge in [-0.05, 0) is 36.4 Å². The molecule has 0 amide bonds. The maximum Gasteiger partial charge on any atom is 1.00 e. The summed E-state index contributed by atoms with van der Waals surface area (Å²) in [5.41, 5.74) is 0. The first-order valence-electron chi connectivity index (χ1n) is 7.63. The van der Waals surface area contributed by atoms with Crippen molar-refractivity contribution in [1.82, 2.24) is 0 Å². The average molecular weight is 605 g/mol. The first-order valence-corrected chi connectivity index (χ1v) is 12.5. The Morgan fingerprint density at radius 2 is 1.58 bits per heavy atom. The first-order chi connectivity index (χ1) is 14.1. The van der Waals surface area contributed by atoms with Gasteiger partial charge in [0.05, 0.1) is 47.3 Å². The van der Waals surface area contributed by atoms with Crippen LogP contribution in [0.3, 0.4) is 0 Å². The van der Waals surface area contributed by atoms with Crippen molar-refractivity contribution in [1.29, 1.82) is 1.12 Å². The molecule has 0 bridgehead atoms. The third-order valence-corrected chi connectivity index (χ3v) is 7.00. The van der Waals surface area contributed by atoms with E-state index in [1.54, 1.807) is 0 Å². The van der Waals surface area contributed by atoms with Gasteiger partial charge in [0, 0.05) is 0 Å². The number of benzene rings is 2. The second kappa shape index (κ2) is 16.1. The van der Waals surface area contributed by atoms with Crippen LogP contribution in [0.4, 0.5) is 0 Å². The van der Waals surface area contributed by atoms with Crippen LogP contribution in [0.5, 0.6) is 0 Å². The van der Waals surface area contributed by atoms with Gasteiger partial charge in [-0.1, -0.05) is 23.2 Å². The van der Waals surface area contributed by atoms with E-state index >= 15 is 0 Å². The summed E-state index contributed by atoms with van der Waals surface area (Å²) >= 11 is 16.1. The molecular formula is C13H11Cl2Na2O8PS5. The zero-order valence-corrected chi connectivity index (χ0v) is 26.5. The van der Waals surface area contributed by atoms with Gasteiger partial charge in [0.1, 0.15) is 11.2 Å². The van der Waals surface area contributed by atoms with Gasteiger partial charge >= 0.3 is 59.1 Å². The summed E-state index contributed by atoms with van der Waals surface area (Å²) in [5.74, 6) is 0. The van der Waals surface area contributed by atoms with Gasteiger partial charge in [-0.15, -0.1) is 9.24 Å². The molecule has 2 rings (SSSR count). The summed E-state index contributed by atoms with van der Waals surface area (Å²) in [7, 11) is -7.08. The molecule has 0 N–H and O–H groups in total. The van der Waals surface area contributed by atoms with E-state index in [4.69, 9.17) is 25.7 Å². The van der Waals surface area contributed by atoms with E-state index in [1.165, 1.54) is 6.07 Å². The SMILES string of the molecule is O=S(=O)([O-])c1cc(S(=O)(=O)c2ccc(Cl)c(SOO[O-])c2)ccc1Cl.[2H]SC([2H])(P)S.[Na+].[Na+]. The number of sulfone groups is 1. The first kappa shape index (κ1) is 31.3. The van der Waals surface area contributed by atoms with Crippen molar-refractivity contribution in [3.8, 4) is 0 Å². The molecule has 0 aliphatic rings. The molecule has 2 aromatic carbocycles. The molecule has 0 saturated heterocycles. The maximum atomic E-state index is 12.6. The van der Waals surface area contributed by atoms with Gasteiger partial charge in [-0.3, -0.25) is 5.04 Å².